The third-order valence-electron chi connectivity index (χ3n) is 3.08. The fraction of sp³-hybridized carbons (Fsp3) is 0.200. The van der Waals surface area contributed by atoms with Crippen LogP contribution in [0.5, 0.6) is 0 Å². The van der Waals surface area contributed by atoms with Gasteiger partial charge in [0, 0.05) is 10.7 Å². The molecule has 0 amide bonds. The number of nitrogens with zero attached hydrogens (tertiary/aromatic N) is 2. The van der Waals surface area contributed by atoms with Crippen LogP contribution < -0.4 is 15.9 Å². The van der Waals surface area contributed by atoms with Crippen molar-refractivity contribution in [2.75, 3.05) is 5.32 Å². The lowest BCUT2D eigenvalue weighted by Gasteiger charge is -2.08. The molecule has 19 heavy (non-hydrogen) atoms. The van der Waals surface area contributed by atoms with Gasteiger partial charge < -0.3 is 5.32 Å². The van der Waals surface area contributed by atoms with Gasteiger partial charge in [0.1, 0.15) is 11.6 Å². The zero-order valence-electron chi connectivity index (χ0n) is 10.7. The number of fused-ring (bicyclic) bond motifs is 1. The maximum absolute atomic E-state index is 4.65. The van der Waals surface area contributed by atoms with Crippen molar-refractivity contribution in [2.24, 2.45) is 0 Å². The maximum Gasteiger partial charge on any atom is 0.132 e. The Morgan fingerprint density at radius 1 is 1.21 bits per heavy atom. The molecule has 1 aliphatic carbocycles. The average Bonchev–Trinajstić information content (AvgIpc) is 2.40. The van der Waals surface area contributed by atoms with E-state index in [1.807, 2.05) is 25.1 Å². The molecule has 3 nitrogen and oxygen atoms in total. The van der Waals surface area contributed by atoms with Crippen molar-refractivity contribution in [2.45, 2.75) is 19.8 Å². The highest BCUT2D eigenvalue weighted by molar-refractivity contribution is 9.14. The normalized spacial score (nSPS) is 13.7. The minimum Gasteiger partial charge on any atom is -0.325 e. The van der Waals surface area contributed by atoms with Crippen molar-refractivity contribution in [1.82, 2.24) is 9.97 Å². The molecule has 4 heteroatoms. The Hall–Kier alpha value is -1.68. The first-order valence-electron chi connectivity index (χ1n) is 6.28. The van der Waals surface area contributed by atoms with Crippen molar-refractivity contribution < 1.29 is 0 Å². The van der Waals surface area contributed by atoms with Gasteiger partial charge in [-0.1, -0.05) is 22.0 Å². The van der Waals surface area contributed by atoms with Gasteiger partial charge >= 0.3 is 0 Å². The fourth-order valence-electron chi connectivity index (χ4n) is 2.13. The number of hydrogen-bond donors (Lipinski definition) is 1. The van der Waals surface area contributed by atoms with Crippen LogP contribution in [0.25, 0.3) is 10.6 Å². The summed E-state index contributed by atoms with van der Waals surface area (Å²) in [7, 11) is 0. The average molecular weight is 316 g/mol. The van der Waals surface area contributed by atoms with Gasteiger partial charge in [-0.05, 0) is 54.8 Å². The second-order valence-electron chi connectivity index (χ2n) is 4.63. The molecule has 0 saturated carbocycles. The molecule has 2 aromatic rings. The van der Waals surface area contributed by atoms with Crippen molar-refractivity contribution in [3.63, 3.8) is 0 Å². The number of aromatic nitrogens is 2. The summed E-state index contributed by atoms with van der Waals surface area (Å²) in [4.78, 5) is 8.94. The molecule has 0 saturated heterocycles. The summed E-state index contributed by atoms with van der Waals surface area (Å²) in [6.07, 6.45) is 6.11. The second kappa shape index (κ2) is 5.13. The predicted octanol–water partition coefficient (Wildman–Crippen LogP) is 2.61. The first kappa shape index (κ1) is 12.4. The van der Waals surface area contributed by atoms with Crippen LogP contribution >= 0.6 is 15.9 Å². The topological polar surface area (TPSA) is 37.8 Å². The monoisotopic (exact) mass is 315 g/mol. The summed E-state index contributed by atoms with van der Waals surface area (Å²) in [5, 5.41) is 5.47. The van der Waals surface area contributed by atoms with Crippen molar-refractivity contribution in [1.29, 1.82) is 0 Å². The highest BCUT2D eigenvalue weighted by Gasteiger charge is 2.04. The summed E-state index contributed by atoms with van der Waals surface area (Å²) in [5.41, 5.74) is 1.18. The van der Waals surface area contributed by atoms with Crippen LogP contribution in [0.4, 0.5) is 11.6 Å². The molecule has 0 unspecified atom stereocenters. The van der Waals surface area contributed by atoms with Crippen LogP contribution in [-0.2, 0) is 0 Å². The Morgan fingerprint density at radius 3 is 2.95 bits per heavy atom. The van der Waals surface area contributed by atoms with Crippen molar-refractivity contribution in [3.05, 3.63) is 46.6 Å². The van der Waals surface area contributed by atoms with E-state index in [1.54, 1.807) is 6.20 Å². The Kier molecular flexibility index (Phi) is 3.34. The maximum atomic E-state index is 4.65. The van der Waals surface area contributed by atoms with E-state index in [1.165, 1.54) is 15.3 Å². The lowest BCUT2D eigenvalue weighted by Crippen LogP contribution is -2.31. The van der Waals surface area contributed by atoms with Crippen LogP contribution in [0.3, 0.4) is 0 Å². The number of halogens is 1. The summed E-state index contributed by atoms with van der Waals surface area (Å²) >= 11 is 3.61. The van der Waals surface area contributed by atoms with Gasteiger partial charge in [0.15, 0.2) is 0 Å². The van der Waals surface area contributed by atoms with Crippen LogP contribution in [0.1, 0.15) is 18.4 Å². The Bertz CT molecular complexity index is 737. The van der Waals surface area contributed by atoms with Crippen molar-refractivity contribution >= 4 is 38.1 Å². The Morgan fingerprint density at radius 2 is 2.11 bits per heavy atom. The van der Waals surface area contributed by atoms with E-state index >= 15 is 0 Å². The standard InChI is InChI=1S/C15H14BrN3/c1-10-7-8-17-14(9-10)18-13-6-5-11-3-2-4-12(16)15(11)19-13/h3,5-9H,2,4H2,1H3,(H,17,18,19). The van der Waals surface area contributed by atoms with Gasteiger partial charge in [-0.25, -0.2) is 9.97 Å². The summed E-state index contributed by atoms with van der Waals surface area (Å²) in [6.45, 7) is 2.05. The molecule has 2 heterocycles. The van der Waals surface area contributed by atoms with E-state index in [0.717, 1.165) is 29.8 Å². The smallest absolute Gasteiger partial charge is 0.132 e. The minimum absolute atomic E-state index is 0.823. The number of rotatable bonds is 2. The van der Waals surface area contributed by atoms with E-state index in [-0.39, 0.29) is 0 Å². The molecule has 0 spiro atoms. The summed E-state index contributed by atoms with van der Waals surface area (Å²) in [6, 6.07) is 8.07. The molecule has 0 fully saturated rings. The highest BCUT2D eigenvalue weighted by Crippen LogP contribution is 2.15. The lowest BCUT2D eigenvalue weighted by atomic mass is 10.1. The molecule has 2 aromatic heterocycles. The van der Waals surface area contributed by atoms with Crippen molar-refractivity contribution in [3.8, 4) is 0 Å². The quantitative estimate of drug-likeness (QED) is 0.925. The van der Waals surface area contributed by atoms with Gasteiger partial charge in [0.2, 0.25) is 0 Å². The van der Waals surface area contributed by atoms with E-state index in [0.29, 0.717) is 0 Å². The molecule has 1 N–H and O–H groups in total. The van der Waals surface area contributed by atoms with Crippen LogP contribution in [-0.4, -0.2) is 9.97 Å². The third kappa shape index (κ3) is 2.68. The van der Waals surface area contributed by atoms with E-state index in [2.05, 4.69) is 43.4 Å². The first-order valence-corrected chi connectivity index (χ1v) is 7.07. The van der Waals surface area contributed by atoms with Crippen LogP contribution in [0.2, 0.25) is 0 Å². The molecule has 3 rings (SSSR count). The summed E-state index contributed by atoms with van der Waals surface area (Å²) < 4.78 is 1.17. The van der Waals surface area contributed by atoms with Crippen LogP contribution in [0, 0.1) is 6.92 Å². The zero-order chi connectivity index (χ0) is 13.2. The molecular formula is C15H14BrN3. The molecule has 0 radical (unpaired) electrons. The number of hydrogen-bond acceptors (Lipinski definition) is 3. The van der Waals surface area contributed by atoms with E-state index in [9.17, 15) is 0 Å². The molecule has 1 aliphatic rings. The molecule has 0 bridgehead atoms. The van der Waals surface area contributed by atoms with Crippen LogP contribution in [0.15, 0.2) is 30.5 Å². The van der Waals surface area contributed by atoms with Gasteiger partial charge in [0.25, 0.3) is 0 Å². The molecule has 0 atom stereocenters. The minimum atomic E-state index is 0.823. The van der Waals surface area contributed by atoms with E-state index < -0.39 is 0 Å². The third-order valence-corrected chi connectivity index (χ3v) is 3.86. The molecular weight excluding hydrogens is 302 g/mol. The number of nitrogens with one attached hydrogen (secondary N) is 1. The zero-order valence-corrected chi connectivity index (χ0v) is 12.2. The van der Waals surface area contributed by atoms with Gasteiger partial charge in [-0.15, -0.1) is 0 Å². The summed E-state index contributed by atoms with van der Waals surface area (Å²) in [5.74, 6) is 1.65. The first-order chi connectivity index (χ1) is 9.22. The number of anilines is 2. The largest absolute Gasteiger partial charge is 0.325 e. The number of pyridine rings is 2. The Labute approximate surface area is 120 Å². The predicted molar refractivity (Wildman–Crippen MR) is 81.8 cm³/mol. The lowest BCUT2D eigenvalue weighted by molar-refractivity contribution is 1.07. The SMILES string of the molecule is Cc1ccnc(Nc2ccc3c(n2)=C(Br)CCC=3)c1. The molecule has 0 aliphatic heterocycles. The molecule has 96 valence electrons. The molecule has 0 aromatic carbocycles. The fourth-order valence-corrected chi connectivity index (χ4v) is 2.68. The second-order valence-corrected chi connectivity index (χ2v) is 5.58. The van der Waals surface area contributed by atoms with Gasteiger partial charge in [-0.2, -0.15) is 0 Å². The van der Waals surface area contributed by atoms with Gasteiger partial charge in [-0.3, -0.25) is 0 Å². The van der Waals surface area contributed by atoms with Gasteiger partial charge in [0.05, 0.1) is 5.35 Å². The highest BCUT2D eigenvalue weighted by atomic mass is 79.9. The Balaban J connectivity index is 2.00. The number of aryl methyl sites for hydroxylation is 1. The van der Waals surface area contributed by atoms with E-state index in [4.69, 9.17) is 0 Å².